The van der Waals surface area contributed by atoms with Gasteiger partial charge in [0.05, 0.1) is 0 Å². The van der Waals surface area contributed by atoms with Crippen molar-refractivity contribution in [2.75, 3.05) is 5.32 Å². The fourth-order valence-corrected chi connectivity index (χ4v) is 3.09. The van der Waals surface area contributed by atoms with E-state index < -0.39 is 0 Å². The van der Waals surface area contributed by atoms with Crippen molar-refractivity contribution in [2.45, 2.75) is 6.04 Å². The van der Waals surface area contributed by atoms with E-state index in [4.69, 9.17) is 16.0 Å². The van der Waals surface area contributed by atoms with Crippen molar-refractivity contribution in [1.82, 2.24) is 10.2 Å². The first kappa shape index (κ1) is 17.8. The van der Waals surface area contributed by atoms with Gasteiger partial charge in [-0.2, -0.15) is 0 Å². The first-order valence-corrected chi connectivity index (χ1v) is 9.52. The summed E-state index contributed by atoms with van der Waals surface area (Å²) in [6.07, 6.45) is 0. The standard InChI is InChI=1S/C21H15BrClN3O/c22-16-8-12-18(13-9-16)24-19(14-6-10-17(23)11-7-14)21-26-25-20(27-21)15-4-2-1-3-5-15/h1-13,19,24H. The van der Waals surface area contributed by atoms with Crippen LogP contribution in [0.15, 0.2) is 87.8 Å². The normalized spacial score (nSPS) is 11.9. The summed E-state index contributed by atoms with van der Waals surface area (Å²) in [5, 5.41) is 12.6. The van der Waals surface area contributed by atoms with E-state index in [1.54, 1.807) is 0 Å². The highest BCUT2D eigenvalue weighted by molar-refractivity contribution is 9.10. The van der Waals surface area contributed by atoms with Crippen LogP contribution in [-0.4, -0.2) is 10.2 Å². The molecule has 3 aromatic carbocycles. The molecular weight excluding hydrogens is 426 g/mol. The summed E-state index contributed by atoms with van der Waals surface area (Å²) in [4.78, 5) is 0. The van der Waals surface area contributed by atoms with Gasteiger partial charge in [0.1, 0.15) is 6.04 Å². The predicted molar refractivity (Wildman–Crippen MR) is 111 cm³/mol. The Morgan fingerprint density at radius 3 is 2.26 bits per heavy atom. The fourth-order valence-electron chi connectivity index (χ4n) is 2.70. The van der Waals surface area contributed by atoms with Crippen LogP contribution in [0, 0.1) is 0 Å². The van der Waals surface area contributed by atoms with E-state index in [1.807, 2.05) is 78.9 Å². The molecule has 4 aromatic rings. The molecule has 27 heavy (non-hydrogen) atoms. The first-order valence-electron chi connectivity index (χ1n) is 8.35. The predicted octanol–water partition coefficient (Wildman–Crippen LogP) is 6.35. The average molecular weight is 441 g/mol. The van der Waals surface area contributed by atoms with Crippen molar-refractivity contribution in [1.29, 1.82) is 0 Å². The largest absolute Gasteiger partial charge is 0.418 e. The number of hydrogen-bond acceptors (Lipinski definition) is 4. The van der Waals surface area contributed by atoms with Crippen molar-refractivity contribution in [3.63, 3.8) is 0 Å². The zero-order chi connectivity index (χ0) is 18.6. The third-order valence-electron chi connectivity index (χ3n) is 4.07. The number of aromatic nitrogens is 2. The van der Waals surface area contributed by atoms with Gasteiger partial charge >= 0.3 is 0 Å². The molecule has 1 N–H and O–H groups in total. The second-order valence-electron chi connectivity index (χ2n) is 5.95. The molecular formula is C21H15BrClN3O. The molecule has 0 aliphatic heterocycles. The van der Waals surface area contributed by atoms with Crippen LogP contribution in [-0.2, 0) is 0 Å². The Labute approximate surface area is 170 Å². The van der Waals surface area contributed by atoms with Crippen LogP contribution in [0.25, 0.3) is 11.5 Å². The summed E-state index contributed by atoms with van der Waals surface area (Å²) in [6, 6.07) is 24.9. The molecule has 1 heterocycles. The second kappa shape index (κ2) is 7.94. The van der Waals surface area contributed by atoms with Gasteiger partial charge in [0.25, 0.3) is 0 Å². The molecule has 0 radical (unpaired) electrons. The van der Waals surface area contributed by atoms with Gasteiger partial charge in [0.2, 0.25) is 11.8 Å². The van der Waals surface area contributed by atoms with Gasteiger partial charge in [-0.15, -0.1) is 10.2 Å². The van der Waals surface area contributed by atoms with Crippen LogP contribution in [0.3, 0.4) is 0 Å². The molecule has 0 aliphatic rings. The van der Waals surface area contributed by atoms with Crippen molar-refractivity contribution in [3.05, 3.63) is 99.8 Å². The van der Waals surface area contributed by atoms with Crippen LogP contribution in [0.4, 0.5) is 5.69 Å². The van der Waals surface area contributed by atoms with Crippen LogP contribution in [0.1, 0.15) is 17.5 Å². The highest BCUT2D eigenvalue weighted by atomic mass is 79.9. The van der Waals surface area contributed by atoms with Crippen molar-refractivity contribution in [2.24, 2.45) is 0 Å². The number of anilines is 1. The molecule has 0 aliphatic carbocycles. The molecule has 0 bridgehead atoms. The molecule has 4 nitrogen and oxygen atoms in total. The smallest absolute Gasteiger partial charge is 0.247 e. The highest BCUT2D eigenvalue weighted by Crippen LogP contribution is 2.29. The van der Waals surface area contributed by atoms with E-state index in [9.17, 15) is 0 Å². The molecule has 0 fully saturated rings. The number of hydrogen-bond donors (Lipinski definition) is 1. The first-order chi connectivity index (χ1) is 13.2. The Balaban J connectivity index is 1.70. The molecule has 0 amide bonds. The minimum Gasteiger partial charge on any atom is -0.418 e. The molecule has 0 spiro atoms. The third-order valence-corrected chi connectivity index (χ3v) is 4.85. The van der Waals surface area contributed by atoms with Crippen molar-refractivity contribution >= 4 is 33.2 Å². The monoisotopic (exact) mass is 439 g/mol. The minimum absolute atomic E-state index is 0.298. The topological polar surface area (TPSA) is 51.0 Å². The van der Waals surface area contributed by atoms with Gasteiger partial charge < -0.3 is 9.73 Å². The lowest BCUT2D eigenvalue weighted by molar-refractivity contribution is 0.494. The zero-order valence-corrected chi connectivity index (χ0v) is 16.5. The maximum absolute atomic E-state index is 6.05. The maximum Gasteiger partial charge on any atom is 0.247 e. The number of halogens is 2. The quantitative estimate of drug-likeness (QED) is 0.392. The molecule has 1 aromatic heterocycles. The van der Waals surface area contributed by atoms with Gasteiger partial charge in [-0.05, 0) is 54.1 Å². The summed E-state index contributed by atoms with van der Waals surface area (Å²) in [6.45, 7) is 0. The van der Waals surface area contributed by atoms with Crippen molar-refractivity contribution < 1.29 is 4.42 Å². The lowest BCUT2D eigenvalue weighted by Crippen LogP contribution is -2.12. The van der Waals surface area contributed by atoms with E-state index in [2.05, 4.69) is 31.4 Å². The van der Waals surface area contributed by atoms with E-state index in [0.717, 1.165) is 21.3 Å². The Hall–Kier alpha value is -2.63. The van der Waals surface area contributed by atoms with Crippen LogP contribution in [0.5, 0.6) is 0 Å². The Bertz CT molecular complexity index is 1020. The number of rotatable bonds is 5. The van der Waals surface area contributed by atoms with Gasteiger partial charge in [-0.1, -0.05) is 57.9 Å². The molecule has 0 saturated carbocycles. The van der Waals surface area contributed by atoms with E-state index >= 15 is 0 Å². The highest BCUT2D eigenvalue weighted by Gasteiger charge is 2.21. The molecule has 6 heteroatoms. The van der Waals surface area contributed by atoms with Crippen LogP contribution in [0.2, 0.25) is 5.02 Å². The molecule has 1 unspecified atom stereocenters. The van der Waals surface area contributed by atoms with E-state index in [-0.39, 0.29) is 6.04 Å². The van der Waals surface area contributed by atoms with Gasteiger partial charge in [0, 0.05) is 20.7 Å². The maximum atomic E-state index is 6.05. The van der Waals surface area contributed by atoms with E-state index in [1.165, 1.54) is 0 Å². The van der Waals surface area contributed by atoms with Gasteiger partial charge in [-0.25, -0.2) is 0 Å². The Morgan fingerprint density at radius 2 is 1.56 bits per heavy atom. The lowest BCUT2D eigenvalue weighted by atomic mass is 10.1. The Morgan fingerprint density at radius 1 is 0.852 bits per heavy atom. The van der Waals surface area contributed by atoms with E-state index in [0.29, 0.717) is 16.8 Å². The second-order valence-corrected chi connectivity index (χ2v) is 7.30. The SMILES string of the molecule is Clc1ccc(C(Nc2ccc(Br)cc2)c2nnc(-c3ccccc3)o2)cc1. The molecule has 4 rings (SSSR count). The van der Waals surface area contributed by atoms with Crippen LogP contribution >= 0.6 is 27.5 Å². The van der Waals surface area contributed by atoms with Gasteiger partial charge in [0.15, 0.2) is 0 Å². The Kier molecular flexibility index (Phi) is 5.23. The van der Waals surface area contributed by atoms with Crippen molar-refractivity contribution in [3.8, 4) is 11.5 Å². The number of nitrogens with zero attached hydrogens (tertiary/aromatic N) is 2. The zero-order valence-electron chi connectivity index (χ0n) is 14.1. The lowest BCUT2D eigenvalue weighted by Gasteiger charge is -2.17. The summed E-state index contributed by atoms with van der Waals surface area (Å²) in [5.74, 6) is 0.973. The average Bonchev–Trinajstić information content (AvgIpc) is 3.19. The van der Waals surface area contributed by atoms with Crippen LogP contribution < -0.4 is 5.32 Å². The summed E-state index contributed by atoms with van der Waals surface area (Å²) < 4.78 is 7.00. The number of benzene rings is 3. The molecule has 0 saturated heterocycles. The molecule has 1 atom stereocenters. The fraction of sp³-hybridized carbons (Fsp3) is 0.0476. The number of nitrogens with one attached hydrogen (secondary N) is 1. The summed E-state index contributed by atoms with van der Waals surface area (Å²) in [5.41, 5.74) is 2.80. The molecule has 134 valence electrons. The van der Waals surface area contributed by atoms with Gasteiger partial charge in [-0.3, -0.25) is 0 Å². The minimum atomic E-state index is -0.298. The third kappa shape index (κ3) is 4.21. The summed E-state index contributed by atoms with van der Waals surface area (Å²) in [7, 11) is 0. The summed E-state index contributed by atoms with van der Waals surface area (Å²) >= 11 is 9.50.